The number of unbranched alkanes of at least 4 members (excludes halogenated alkanes) is 1. The van der Waals surface area contributed by atoms with Crippen molar-refractivity contribution in [1.29, 1.82) is 0 Å². The lowest BCUT2D eigenvalue weighted by Gasteiger charge is -2.18. The molecule has 28 heavy (non-hydrogen) atoms. The number of nitrogens with two attached hydrogens (primary N) is 1. The van der Waals surface area contributed by atoms with Crippen LogP contribution in [0.1, 0.15) is 49.1 Å². The van der Waals surface area contributed by atoms with Gasteiger partial charge in [0.2, 0.25) is 5.91 Å². The van der Waals surface area contributed by atoms with Crippen LogP contribution in [0.4, 0.5) is 8.78 Å². The summed E-state index contributed by atoms with van der Waals surface area (Å²) >= 11 is 0. The molecule has 2 aromatic rings. The van der Waals surface area contributed by atoms with E-state index in [0.717, 1.165) is 36.8 Å². The molecule has 0 aliphatic heterocycles. The summed E-state index contributed by atoms with van der Waals surface area (Å²) < 4.78 is 26.5. The van der Waals surface area contributed by atoms with E-state index in [0.29, 0.717) is 19.5 Å². The number of halogens is 2. The van der Waals surface area contributed by atoms with Crippen LogP contribution in [-0.4, -0.2) is 19.0 Å². The first-order chi connectivity index (χ1) is 13.6. The van der Waals surface area contributed by atoms with Crippen LogP contribution in [0.3, 0.4) is 0 Å². The number of amides is 1. The van der Waals surface area contributed by atoms with Crippen LogP contribution >= 0.6 is 0 Å². The van der Waals surface area contributed by atoms with Crippen LogP contribution in [0.2, 0.25) is 0 Å². The maximum Gasteiger partial charge on any atom is 0.220 e. The van der Waals surface area contributed by atoms with Gasteiger partial charge in [-0.3, -0.25) is 4.79 Å². The smallest absolute Gasteiger partial charge is 0.220 e. The summed E-state index contributed by atoms with van der Waals surface area (Å²) in [5, 5.41) is 2.89. The summed E-state index contributed by atoms with van der Waals surface area (Å²) in [4.78, 5) is 11.9. The van der Waals surface area contributed by atoms with Crippen molar-refractivity contribution in [2.45, 2.75) is 38.0 Å². The van der Waals surface area contributed by atoms with Crippen molar-refractivity contribution in [2.24, 2.45) is 5.73 Å². The Morgan fingerprint density at radius 3 is 2.04 bits per heavy atom. The number of hydrogen-bond donors (Lipinski definition) is 2. The van der Waals surface area contributed by atoms with E-state index < -0.39 is 0 Å². The summed E-state index contributed by atoms with van der Waals surface area (Å²) in [6.45, 7) is 1.13. The molecule has 3 nitrogen and oxygen atoms in total. The van der Waals surface area contributed by atoms with E-state index in [1.54, 1.807) is 24.3 Å². The molecular weight excluding hydrogens is 358 g/mol. The van der Waals surface area contributed by atoms with Gasteiger partial charge in [0.15, 0.2) is 0 Å². The first-order valence-electron chi connectivity index (χ1n) is 9.73. The quantitative estimate of drug-likeness (QED) is 0.435. The van der Waals surface area contributed by atoms with Gasteiger partial charge < -0.3 is 11.1 Å². The lowest BCUT2D eigenvalue weighted by Crippen LogP contribution is -2.23. The third-order valence-corrected chi connectivity index (χ3v) is 4.63. The fourth-order valence-electron chi connectivity index (χ4n) is 3.15. The molecule has 2 aromatic carbocycles. The molecule has 3 N–H and O–H groups in total. The summed E-state index contributed by atoms with van der Waals surface area (Å²) in [6.07, 6.45) is 7.50. The highest BCUT2D eigenvalue weighted by atomic mass is 19.1. The molecular formula is C23H28F2N2O. The van der Waals surface area contributed by atoms with E-state index in [1.807, 2.05) is 12.2 Å². The maximum atomic E-state index is 13.3. The van der Waals surface area contributed by atoms with Crippen molar-refractivity contribution < 1.29 is 13.6 Å². The number of nitrogens with one attached hydrogen (secondary N) is 1. The minimum Gasteiger partial charge on any atom is -0.356 e. The highest BCUT2D eigenvalue weighted by Gasteiger charge is 2.14. The second kappa shape index (κ2) is 12.0. The molecule has 150 valence electrons. The number of carbonyl (C=O) groups is 1. The SMILES string of the molecule is NC/C=C\CCNC(=O)CCCCC(c1ccc(F)cc1)c1ccc(F)cc1. The van der Waals surface area contributed by atoms with Gasteiger partial charge in [0, 0.05) is 25.4 Å². The monoisotopic (exact) mass is 386 g/mol. The Morgan fingerprint density at radius 2 is 1.50 bits per heavy atom. The number of rotatable bonds is 11. The number of carbonyl (C=O) groups excluding carboxylic acids is 1. The average Bonchev–Trinajstić information content (AvgIpc) is 2.70. The third kappa shape index (κ3) is 7.61. The van der Waals surface area contributed by atoms with Gasteiger partial charge in [-0.25, -0.2) is 8.78 Å². The Bertz CT molecular complexity index is 697. The predicted octanol–water partition coefficient (Wildman–Crippen LogP) is 4.68. The van der Waals surface area contributed by atoms with E-state index in [9.17, 15) is 13.6 Å². The van der Waals surface area contributed by atoms with Crippen molar-refractivity contribution in [1.82, 2.24) is 5.32 Å². The Morgan fingerprint density at radius 1 is 0.929 bits per heavy atom. The summed E-state index contributed by atoms with van der Waals surface area (Å²) in [5.41, 5.74) is 7.34. The van der Waals surface area contributed by atoms with E-state index in [4.69, 9.17) is 5.73 Å². The molecule has 0 fully saturated rings. The zero-order valence-electron chi connectivity index (χ0n) is 16.0. The van der Waals surface area contributed by atoms with Gasteiger partial charge in [-0.1, -0.05) is 42.8 Å². The number of benzene rings is 2. The summed E-state index contributed by atoms with van der Waals surface area (Å²) in [7, 11) is 0. The van der Waals surface area contributed by atoms with Crippen LogP contribution in [0, 0.1) is 11.6 Å². The molecule has 0 unspecified atom stereocenters. The zero-order chi connectivity index (χ0) is 20.2. The molecule has 0 saturated carbocycles. The third-order valence-electron chi connectivity index (χ3n) is 4.63. The Balaban J connectivity index is 1.85. The topological polar surface area (TPSA) is 55.1 Å². The van der Waals surface area contributed by atoms with Crippen molar-refractivity contribution in [3.63, 3.8) is 0 Å². The normalized spacial score (nSPS) is 11.3. The number of hydrogen-bond acceptors (Lipinski definition) is 2. The summed E-state index contributed by atoms with van der Waals surface area (Å²) in [5.74, 6) is -0.467. The minimum absolute atomic E-state index is 0.0428. The Kier molecular flexibility index (Phi) is 9.35. The molecule has 0 atom stereocenters. The zero-order valence-corrected chi connectivity index (χ0v) is 16.0. The van der Waals surface area contributed by atoms with Gasteiger partial charge in [-0.05, 0) is 54.7 Å². The molecule has 0 aliphatic rings. The van der Waals surface area contributed by atoms with E-state index in [2.05, 4.69) is 5.32 Å². The van der Waals surface area contributed by atoms with Crippen molar-refractivity contribution in [3.8, 4) is 0 Å². The van der Waals surface area contributed by atoms with Crippen molar-refractivity contribution >= 4 is 5.91 Å². The van der Waals surface area contributed by atoms with Crippen LogP contribution in [0.5, 0.6) is 0 Å². The Labute approximate surface area is 165 Å². The standard InChI is InChI=1S/C23H28F2N2O/c24-20-12-8-18(9-13-20)22(19-10-14-21(25)15-11-19)6-2-3-7-23(28)27-17-5-1-4-16-26/h1,4,8-15,22H,2-3,5-7,16-17,26H2,(H,27,28)/b4-1-. The van der Waals surface area contributed by atoms with Gasteiger partial charge in [-0.15, -0.1) is 0 Å². The fourth-order valence-corrected chi connectivity index (χ4v) is 3.15. The highest BCUT2D eigenvalue weighted by molar-refractivity contribution is 5.75. The fraction of sp³-hybridized carbons (Fsp3) is 0.348. The second-order valence-corrected chi connectivity index (χ2v) is 6.75. The Hall–Kier alpha value is -2.53. The molecule has 1 amide bonds. The van der Waals surface area contributed by atoms with E-state index in [1.165, 1.54) is 24.3 Å². The molecule has 0 bridgehead atoms. The molecule has 0 radical (unpaired) electrons. The molecule has 5 heteroatoms. The van der Waals surface area contributed by atoms with Gasteiger partial charge >= 0.3 is 0 Å². The van der Waals surface area contributed by atoms with Crippen molar-refractivity contribution in [3.05, 3.63) is 83.4 Å². The molecule has 0 spiro atoms. The van der Waals surface area contributed by atoms with Gasteiger partial charge in [-0.2, -0.15) is 0 Å². The van der Waals surface area contributed by atoms with E-state index in [-0.39, 0.29) is 23.5 Å². The van der Waals surface area contributed by atoms with Gasteiger partial charge in [0.25, 0.3) is 0 Å². The van der Waals surface area contributed by atoms with Crippen LogP contribution in [0.25, 0.3) is 0 Å². The second-order valence-electron chi connectivity index (χ2n) is 6.75. The van der Waals surface area contributed by atoms with E-state index >= 15 is 0 Å². The molecule has 2 rings (SSSR count). The minimum atomic E-state index is -0.278. The largest absolute Gasteiger partial charge is 0.356 e. The molecule has 0 aromatic heterocycles. The first kappa shape index (κ1) is 21.8. The highest BCUT2D eigenvalue weighted by Crippen LogP contribution is 2.30. The lowest BCUT2D eigenvalue weighted by molar-refractivity contribution is -0.121. The van der Waals surface area contributed by atoms with Gasteiger partial charge in [0.1, 0.15) is 11.6 Å². The summed E-state index contributed by atoms with van der Waals surface area (Å²) in [6, 6.07) is 12.8. The molecule has 0 aliphatic carbocycles. The van der Waals surface area contributed by atoms with Crippen LogP contribution in [0.15, 0.2) is 60.7 Å². The van der Waals surface area contributed by atoms with Crippen LogP contribution < -0.4 is 11.1 Å². The predicted molar refractivity (Wildman–Crippen MR) is 109 cm³/mol. The average molecular weight is 386 g/mol. The van der Waals surface area contributed by atoms with Crippen LogP contribution in [-0.2, 0) is 4.79 Å². The molecule has 0 heterocycles. The lowest BCUT2D eigenvalue weighted by atomic mass is 9.87. The maximum absolute atomic E-state index is 13.3. The van der Waals surface area contributed by atoms with Gasteiger partial charge in [0.05, 0.1) is 0 Å². The first-order valence-corrected chi connectivity index (χ1v) is 9.73. The molecule has 0 saturated heterocycles. The van der Waals surface area contributed by atoms with Crippen molar-refractivity contribution in [2.75, 3.05) is 13.1 Å².